The zero-order valence-electron chi connectivity index (χ0n) is 8.47. The zero-order chi connectivity index (χ0) is 12.3. The quantitative estimate of drug-likeness (QED) is 0.657. The average molecular weight is 250 g/mol. The number of methoxy groups -OCH3 is 1. The van der Waals surface area contributed by atoms with Gasteiger partial charge in [-0.15, -0.1) is 0 Å². The maximum atomic E-state index is 13.6. The summed E-state index contributed by atoms with van der Waals surface area (Å²) in [5, 5.41) is -0.265. The fraction of sp³-hybridized carbons (Fsp3) is 0.300. The molecular formula is C10H10ClF2NO2. The van der Waals surface area contributed by atoms with Gasteiger partial charge in [0.2, 0.25) is 0 Å². The van der Waals surface area contributed by atoms with Crippen LogP contribution in [0.3, 0.4) is 0 Å². The molecule has 0 saturated carbocycles. The molecule has 0 aliphatic heterocycles. The fourth-order valence-corrected chi connectivity index (χ4v) is 1.50. The van der Waals surface area contributed by atoms with Crippen LogP contribution >= 0.6 is 11.6 Å². The van der Waals surface area contributed by atoms with Crippen molar-refractivity contribution < 1.29 is 18.3 Å². The SMILES string of the molecule is COC(=O)C(CN)c1c(F)ccc(Cl)c1F. The van der Waals surface area contributed by atoms with E-state index in [1.807, 2.05) is 0 Å². The van der Waals surface area contributed by atoms with Gasteiger partial charge in [0, 0.05) is 12.1 Å². The van der Waals surface area contributed by atoms with Crippen molar-refractivity contribution in [3.05, 3.63) is 34.4 Å². The minimum Gasteiger partial charge on any atom is -0.469 e. The van der Waals surface area contributed by atoms with Crippen molar-refractivity contribution in [3.63, 3.8) is 0 Å². The molecule has 0 heterocycles. The van der Waals surface area contributed by atoms with Crippen molar-refractivity contribution in [2.45, 2.75) is 5.92 Å². The molecule has 1 aromatic carbocycles. The summed E-state index contributed by atoms with van der Waals surface area (Å²) in [5.74, 6) is -3.85. The van der Waals surface area contributed by atoms with Crippen LogP contribution in [0.5, 0.6) is 0 Å². The second-order valence-electron chi connectivity index (χ2n) is 3.07. The first-order valence-electron chi connectivity index (χ1n) is 4.44. The minimum absolute atomic E-state index is 0.263. The molecule has 2 N–H and O–H groups in total. The number of ether oxygens (including phenoxy) is 1. The summed E-state index contributed by atoms with van der Waals surface area (Å²) >= 11 is 5.50. The van der Waals surface area contributed by atoms with Crippen LogP contribution in [0.25, 0.3) is 0 Å². The van der Waals surface area contributed by atoms with Crippen molar-refractivity contribution in [1.29, 1.82) is 0 Å². The second kappa shape index (κ2) is 5.23. The van der Waals surface area contributed by atoms with E-state index in [9.17, 15) is 13.6 Å². The van der Waals surface area contributed by atoms with E-state index in [4.69, 9.17) is 17.3 Å². The Kier molecular flexibility index (Phi) is 4.20. The first-order valence-corrected chi connectivity index (χ1v) is 4.82. The van der Waals surface area contributed by atoms with Crippen LogP contribution in [0, 0.1) is 11.6 Å². The van der Waals surface area contributed by atoms with Crippen molar-refractivity contribution >= 4 is 17.6 Å². The molecule has 0 spiro atoms. The molecule has 0 aliphatic carbocycles. The number of carbonyl (C=O) groups is 1. The Morgan fingerprint density at radius 2 is 2.19 bits per heavy atom. The lowest BCUT2D eigenvalue weighted by Crippen LogP contribution is -2.25. The van der Waals surface area contributed by atoms with E-state index >= 15 is 0 Å². The second-order valence-corrected chi connectivity index (χ2v) is 3.48. The Balaban J connectivity index is 3.29. The van der Waals surface area contributed by atoms with Crippen molar-refractivity contribution in [2.75, 3.05) is 13.7 Å². The predicted molar refractivity (Wildman–Crippen MR) is 55.2 cm³/mol. The molecule has 0 aromatic heterocycles. The van der Waals surface area contributed by atoms with Gasteiger partial charge in [-0.2, -0.15) is 0 Å². The summed E-state index contributed by atoms with van der Waals surface area (Å²) in [6, 6.07) is 2.05. The first-order chi connectivity index (χ1) is 7.52. The summed E-state index contributed by atoms with van der Waals surface area (Å²) in [5.41, 5.74) is 4.84. The van der Waals surface area contributed by atoms with Gasteiger partial charge in [0.1, 0.15) is 11.6 Å². The molecule has 0 saturated heterocycles. The van der Waals surface area contributed by atoms with Gasteiger partial charge in [0.05, 0.1) is 18.1 Å². The molecular weight excluding hydrogens is 240 g/mol. The highest BCUT2D eigenvalue weighted by Crippen LogP contribution is 2.27. The van der Waals surface area contributed by atoms with Crippen LogP contribution in [0.15, 0.2) is 12.1 Å². The summed E-state index contributed by atoms with van der Waals surface area (Å²) in [6.07, 6.45) is 0. The third kappa shape index (κ3) is 2.31. The summed E-state index contributed by atoms with van der Waals surface area (Å²) in [7, 11) is 1.12. The number of carbonyl (C=O) groups excluding carboxylic acids is 1. The van der Waals surface area contributed by atoms with Gasteiger partial charge < -0.3 is 10.5 Å². The average Bonchev–Trinajstić information content (AvgIpc) is 2.28. The van der Waals surface area contributed by atoms with E-state index in [2.05, 4.69) is 4.74 Å². The van der Waals surface area contributed by atoms with E-state index in [1.54, 1.807) is 0 Å². The number of nitrogens with two attached hydrogens (primary N) is 1. The van der Waals surface area contributed by atoms with Gasteiger partial charge in [-0.1, -0.05) is 11.6 Å². The highest BCUT2D eigenvalue weighted by molar-refractivity contribution is 6.30. The van der Waals surface area contributed by atoms with Crippen LogP contribution < -0.4 is 5.73 Å². The Labute approximate surface area is 96.1 Å². The molecule has 6 heteroatoms. The Morgan fingerprint density at radius 1 is 1.56 bits per heavy atom. The maximum absolute atomic E-state index is 13.6. The topological polar surface area (TPSA) is 52.3 Å². The Hall–Kier alpha value is -1.20. The highest BCUT2D eigenvalue weighted by Gasteiger charge is 2.27. The lowest BCUT2D eigenvalue weighted by Gasteiger charge is -2.14. The largest absolute Gasteiger partial charge is 0.469 e. The number of hydrogen-bond donors (Lipinski definition) is 1. The molecule has 1 aromatic rings. The summed E-state index contributed by atoms with van der Waals surface area (Å²) in [4.78, 5) is 11.3. The first kappa shape index (κ1) is 12.9. The van der Waals surface area contributed by atoms with Gasteiger partial charge >= 0.3 is 5.97 Å². The van der Waals surface area contributed by atoms with Crippen molar-refractivity contribution in [2.24, 2.45) is 5.73 Å². The third-order valence-corrected chi connectivity index (χ3v) is 2.44. The van der Waals surface area contributed by atoms with E-state index in [0.29, 0.717) is 0 Å². The predicted octanol–water partition coefficient (Wildman–Crippen LogP) is 1.83. The molecule has 0 bridgehead atoms. The zero-order valence-corrected chi connectivity index (χ0v) is 9.22. The number of hydrogen-bond acceptors (Lipinski definition) is 3. The number of rotatable bonds is 3. The van der Waals surface area contributed by atoms with Gasteiger partial charge in [-0.25, -0.2) is 8.78 Å². The van der Waals surface area contributed by atoms with Crippen molar-refractivity contribution in [1.82, 2.24) is 0 Å². The van der Waals surface area contributed by atoms with E-state index in [-0.39, 0.29) is 11.6 Å². The monoisotopic (exact) mass is 249 g/mol. The number of halogens is 3. The van der Waals surface area contributed by atoms with E-state index in [1.165, 1.54) is 0 Å². The number of benzene rings is 1. The molecule has 1 rings (SSSR count). The fourth-order valence-electron chi connectivity index (χ4n) is 1.34. The number of esters is 1. The van der Waals surface area contributed by atoms with E-state index in [0.717, 1.165) is 19.2 Å². The van der Waals surface area contributed by atoms with Crippen LogP contribution in [0.4, 0.5) is 8.78 Å². The van der Waals surface area contributed by atoms with Crippen LogP contribution in [-0.4, -0.2) is 19.6 Å². The van der Waals surface area contributed by atoms with Gasteiger partial charge in [0.25, 0.3) is 0 Å². The Morgan fingerprint density at radius 3 is 2.69 bits per heavy atom. The maximum Gasteiger partial charge on any atom is 0.314 e. The lowest BCUT2D eigenvalue weighted by atomic mass is 9.98. The summed E-state index contributed by atoms with van der Waals surface area (Å²) < 4.78 is 31.4. The molecule has 1 unspecified atom stereocenters. The normalized spacial score (nSPS) is 12.3. The van der Waals surface area contributed by atoms with Crippen LogP contribution in [0.2, 0.25) is 5.02 Å². The molecule has 88 valence electrons. The molecule has 1 atom stereocenters. The molecule has 3 nitrogen and oxygen atoms in total. The standard InChI is InChI=1S/C10H10ClF2NO2/c1-16-10(15)5(4-14)8-7(12)3-2-6(11)9(8)13/h2-3,5H,4,14H2,1H3. The minimum atomic E-state index is -1.19. The Bertz CT molecular complexity index is 412. The molecule has 0 fully saturated rings. The molecule has 16 heavy (non-hydrogen) atoms. The van der Waals surface area contributed by atoms with Crippen LogP contribution in [-0.2, 0) is 9.53 Å². The van der Waals surface area contributed by atoms with Crippen LogP contribution in [0.1, 0.15) is 11.5 Å². The van der Waals surface area contributed by atoms with E-state index < -0.39 is 29.1 Å². The smallest absolute Gasteiger partial charge is 0.314 e. The summed E-state index contributed by atoms with van der Waals surface area (Å²) in [6.45, 7) is -0.263. The molecule has 0 aliphatic rings. The molecule has 0 amide bonds. The van der Waals surface area contributed by atoms with Gasteiger partial charge in [0.15, 0.2) is 0 Å². The molecule has 0 radical (unpaired) electrons. The lowest BCUT2D eigenvalue weighted by molar-refractivity contribution is -0.142. The van der Waals surface area contributed by atoms with Gasteiger partial charge in [-0.05, 0) is 12.1 Å². The highest BCUT2D eigenvalue weighted by atomic mass is 35.5. The third-order valence-electron chi connectivity index (χ3n) is 2.15. The van der Waals surface area contributed by atoms with Gasteiger partial charge in [-0.3, -0.25) is 4.79 Å². The van der Waals surface area contributed by atoms with Crippen molar-refractivity contribution in [3.8, 4) is 0 Å².